The largest absolute Gasteiger partial charge is 0.351 e. The van der Waals surface area contributed by atoms with Gasteiger partial charge >= 0.3 is 0 Å². The van der Waals surface area contributed by atoms with Gasteiger partial charge in [-0.2, -0.15) is 0 Å². The van der Waals surface area contributed by atoms with Crippen molar-refractivity contribution in [3.05, 3.63) is 18.2 Å². The molecule has 0 fully saturated rings. The van der Waals surface area contributed by atoms with Crippen LogP contribution in [-0.4, -0.2) is 16.5 Å². The molecule has 0 aliphatic heterocycles. The summed E-state index contributed by atoms with van der Waals surface area (Å²) in [6.07, 6.45) is 4.38. The molecule has 0 saturated carbocycles. The average molecular weight is 367 g/mol. The Hall–Kier alpha value is 0.630. The van der Waals surface area contributed by atoms with Crippen molar-refractivity contribution in [3.8, 4) is 0 Å². The molecule has 1 heterocycles. The van der Waals surface area contributed by atoms with Gasteiger partial charge in [0, 0.05) is 12.6 Å². The minimum absolute atomic E-state index is 0. The Bertz CT molecular complexity index is 141. The van der Waals surface area contributed by atoms with Gasteiger partial charge in [-0.25, -0.2) is 4.98 Å². The summed E-state index contributed by atoms with van der Waals surface area (Å²) < 4.78 is 0. The summed E-state index contributed by atoms with van der Waals surface area (Å²) in [4.78, 5) is 6.82. The van der Waals surface area contributed by atoms with Crippen LogP contribution in [0.25, 0.3) is 0 Å². The lowest BCUT2D eigenvalue weighted by molar-refractivity contribution is 0.935. The third-order valence-electron chi connectivity index (χ3n) is 0.955. The highest BCUT2D eigenvalue weighted by atomic mass is 127. The van der Waals surface area contributed by atoms with Crippen LogP contribution in [0, 0.1) is 0 Å². The van der Waals surface area contributed by atoms with E-state index in [2.05, 4.69) is 9.97 Å². The average Bonchev–Trinajstić information content (AvgIpc) is 2.19. The maximum Gasteiger partial charge on any atom is 0.0923 e. The number of nitrogens with one attached hydrogen (secondary N) is 1. The highest BCUT2D eigenvalue weighted by molar-refractivity contribution is 14.0. The third-order valence-corrected chi connectivity index (χ3v) is 0.955. The van der Waals surface area contributed by atoms with Gasteiger partial charge in [-0.3, -0.25) is 0 Å². The predicted molar refractivity (Wildman–Crippen MR) is 62.2 cm³/mol. The lowest BCUT2D eigenvalue weighted by Crippen LogP contribution is -2.02. The number of hydrogen-bond donors (Lipinski definition) is 2. The van der Waals surface area contributed by atoms with E-state index < -0.39 is 0 Å². The highest BCUT2D eigenvalue weighted by Gasteiger charge is 1.87. The zero-order valence-corrected chi connectivity index (χ0v) is 10.1. The van der Waals surface area contributed by atoms with Crippen LogP contribution in [0.2, 0.25) is 0 Å². The first-order valence-electron chi connectivity index (χ1n) is 2.61. The number of rotatable bonds is 2. The minimum Gasteiger partial charge on any atom is -0.351 e. The maximum absolute atomic E-state index is 5.27. The van der Waals surface area contributed by atoms with Gasteiger partial charge < -0.3 is 10.7 Å². The zero-order valence-electron chi connectivity index (χ0n) is 5.41. The van der Waals surface area contributed by atoms with E-state index in [-0.39, 0.29) is 48.0 Å². The van der Waals surface area contributed by atoms with Gasteiger partial charge in [0.25, 0.3) is 0 Å². The number of halogens is 2. The monoisotopic (exact) mass is 367 g/mol. The van der Waals surface area contributed by atoms with Crippen molar-refractivity contribution >= 4 is 48.0 Å². The summed E-state index contributed by atoms with van der Waals surface area (Å²) in [7, 11) is 0. The molecule has 0 unspecified atom stereocenters. The van der Waals surface area contributed by atoms with Crippen LogP contribution in [-0.2, 0) is 6.42 Å². The number of nitrogens with two attached hydrogens (primary N) is 1. The van der Waals surface area contributed by atoms with E-state index in [4.69, 9.17) is 5.73 Å². The fourth-order valence-corrected chi connectivity index (χ4v) is 0.576. The van der Waals surface area contributed by atoms with Crippen LogP contribution >= 0.6 is 48.0 Å². The Morgan fingerprint density at radius 2 is 2.20 bits per heavy atom. The smallest absolute Gasteiger partial charge is 0.0923 e. The lowest BCUT2D eigenvalue weighted by atomic mass is 10.3. The molecular formula is C5H11I2N3. The summed E-state index contributed by atoms with van der Waals surface area (Å²) in [6.45, 7) is 0.671. The van der Waals surface area contributed by atoms with E-state index >= 15 is 0 Å². The molecule has 0 radical (unpaired) electrons. The molecule has 10 heavy (non-hydrogen) atoms. The van der Waals surface area contributed by atoms with Crippen LogP contribution in [0.15, 0.2) is 12.5 Å². The minimum atomic E-state index is 0. The Labute approximate surface area is 94.2 Å². The Morgan fingerprint density at radius 3 is 2.60 bits per heavy atom. The first-order chi connectivity index (χ1) is 3.93. The molecule has 0 aliphatic rings. The fourth-order valence-electron chi connectivity index (χ4n) is 0.576. The third kappa shape index (κ3) is 4.45. The second-order valence-corrected chi connectivity index (χ2v) is 1.60. The predicted octanol–water partition coefficient (Wildman–Crippen LogP) is 1.15. The Balaban J connectivity index is 0. The van der Waals surface area contributed by atoms with E-state index in [1.165, 1.54) is 0 Å². The van der Waals surface area contributed by atoms with Gasteiger partial charge in [0.05, 0.1) is 12.0 Å². The molecule has 0 saturated heterocycles. The van der Waals surface area contributed by atoms with Crippen LogP contribution in [0.5, 0.6) is 0 Å². The zero-order chi connectivity index (χ0) is 5.82. The van der Waals surface area contributed by atoms with Crippen LogP contribution < -0.4 is 5.73 Å². The number of hydrogen-bond acceptors (Lipinski definition) is 2. The lowest BCUT2D eigenvalue weighted by Gasteiger charge is -1.85. The van der Waals surface area contributed by atoms with E-state index in [1.807, 2.05) is 6.20 Å². The van der Waals surface area contributed by atoms with E-state index in [1.54, 1.807) is 6.33 Å². The van der Waals surface area contributed by atoms with Crippen molar-refractivity contribution < 1.29 is 0 Å². The van der Waals surface area contributed by atoms with Crippen LogP contribution in [0.3, 0.4) is 0 Å². The SMILES string of the molecule is I.I.NCCc1c[nH]cn1. The standard InChI is InChI=1S/C5H9N3.2HI/c6-2-1-5-3-7-4-8-5;;/h3-4H,1-2,6H2,(H,7,8);2*1H. The number of aromatic nitrogens is 2. The second-order valence-electron chi connectivity index (χ2n) is 1.60. The maximum atomic E-state index is 5.27. The molecule has 3 nitrogen and oxygen atoms in total. The van der Waals surface area contributed by atoms with Crippen molar-refractivity contribution in [2.45, 2.75) is 6.42 Å². The van der Waals surface area contributed by atoms with Gasteiger partial charge in [-0.05, 0) is 6.54 Å². The summed E-state index contributed by atoms with van der Waals surface area (Å²) in [5.41, 5.74) is 6.30. The first-order valence-corrected chi connectivity index (χ1v) is 2.61. The molecule has 0 bridgehead atoms. The van der Waals surface area contributed by atoms with Crippen molar-refractivity contribution in [1.29, 1.82) is 0 Å². The van der Waals surface area contributed by atoms with Crippen molar-refractivity contribution in [3.63, 3.8) is 0 Å². The summed E-state index contributed by atoms with van der Waals surface area (Å²) in [5, 5.41) is 0. The van der Waals surface area contributed by atoms with Crippen LogP contribution in [0.1, 0.15) is 5.69 Å². The van der Waals surface area contributed by atoms with Gasteiger partial charge in [0.15, 0.2) is 0 Å². The van der Waals surface area contributed by atoms with E-state index in [9.17, 15) is 0 Å². The van der Waals surface area contributed by atoms with Gasteiger partial charge in [0.2, 0.25) is 0 Å². The molecule has 60 valence electrons. The number of aromatic amines is 1. The fraction of sp³-hybridized carbons (Fsp3) is 0.400. The molecule has 0 aromatic carbocycles. The Kier molecular flexibility index (Phi) is 10.2. The summed E-state index contributed by atoms with van der Waals surface area (Å²) in [5.74, 6) is 0. The summed E-state index contributed by atoms with van der Waals surface area (Å²) >= 11 is 0. The van der Waals surface area contributed by atoms with Crippen molar-refractivity contribution in [2.24, 2.45) is 5.73 Å². The number of imidazole rings is 1. The normalized spacial score (nSPS) is 7.70. The molecule has 0 atom stereocenters. The quantitative estimate of drug-likeness (QED) is 0.771. The number of nitrogens with zero attached hydrogens (tertiary/aromatic N) is 1. The molecule has 1 aromatic heterocycles. The topological polar surface area (TPSA) is 54.7 Å². The summed E-state index contributed by atoms with van der Waals surface area (Å²) in [6, 6.07) is 0. The molecule has 0 aliphatic carbocycles. The number of H-pyrrole nitrogens is 1. The molecule has 0 amide bonds. The highest BCUT2D eigenvalue weighted by Crippen LogP contribution is 1.88. The molecule has 1 aromatic rings. The molecular weight excluding hydrogens is 356 g/mol. The molecule has 0 spiro atoms. The van der Waals surface area contributed by atoms with Crippen molar-refractivity contribution in [2.75, 3.05) is 6.54 Å². The van der Waals surface area contributed by atoms with Crippen molar-refractivity contribution in [1.82, 2.24) is 9.97 Å². The van der Waals surface area contributed by atoms with E-state index in [0.29, 0.717) is 6.54 Å². The second kappa shape index (κ2) is 7.73. The van der Waals surface area contributed by atoms with Gasteiger partial charge in [-0.15, -0.1) is 48.0 Å². The Morgan fingerprint density at radius 1 is 1.50 bits per heavy atom. The molecule has 5 heteroatoms. The first kappa shape index (κ1) is 13.2. The molecule has 3 N–H and O–H groups in total. The van der Waals surface area contributed by atoms with E-state index in [0.717, 1.165) is 12.1 Å². The van der Waals surface area contributed by atoms with Crippen LogP contribution in [0.4, 0.5) is 0 Å². The van der Waals surface area contributed by atoms with Gasteiger partial charge in [0.1, 0.15) is 0 Å². The van der Waals surface area contributed by atoms with Gasteiger partial charge in [-0.1, -0.05) is 0 Å². The molecule has 1 rings (SSSR count).